The maximum absolute atomic E-state index is 13.7. The van der Waals surface area contributed by atoms with Crippen LogP contribution in [0, 0.1) is 19.7 Å². The Morgan fingerprint density at radius 1 is 0.905 bits per heavy atom. The van der Waals surface area contributed by atoms with Gasteiger partial charge in [-0.05, 0) is 13.8 Å². The molecule has 110 valence electrons. The first-order valence-electron chi connectivity index (χ1n) is 6.90. The van der Waals surface area contributed by atoms with E-state index >= 15 is 0 Å². The van der Waals surface area contributed by atoms with Gasteiger partial charge in [-0.15, -0.1) is 0 Å². The summed E-state index contributed by atoms with van der Waals surface area (Å²) in [5.74, 6) is 0.963. The number of anilines is 2. The third kappa shape index (κ3) is 2.63. The summed E-state index contributed by atoms with van der Waals surface area (Å²) in [7, 11) is 0. The zero-order valence-corrected chi connectivity index (χ0v) is 12.1. The van der Waals surface area contributed by atoms with E-state index in [2.05, 4.69) is 24.8 Å². The Labute approximate surface area is 122 Å². The highest BCUT2D eigenvalue weighted by Crippen LogP contribution is 2.22. The fourth-order valence-corrected chi connectivity index (χ4v) is 2.51. The molecule has 6 nitrogen and oxygen atoms in total. The van der Waals surface area contributed by atoms with Crippen molar-refractivity contribution in [3.05, 3.63) is 35.9 Å². The van der Waals surface area contributed by atoms with Crippen LogP contribution in [-0.2, 0) is 0 Å². The molecule has 2 aromatic heterocycles. The number of halogens is 1. The summed E-state index contributed by atoms with van der Waals surface area (Å²) in [5.41, 5.74) is 2.09. The average molecular weight is 288 g/mol. The van der Waals surface area contributed by atoms with Gasteiger partial charge in [-0.2, -0.15) is 0 Å². The molecule has 0 spiro atoms. The topological polar surface area (TPSA) is 58.0 Å². The van der Waals surface area contributed by atoms with Crippen LogP contribution in [0.4, 0.5) is 16.0 Å². The van der Waals surface area contributed by atoms with Gasteiger partial charge in [0, 0.05) is 37.4 Å². The van der Waals surface area contributed by atoms with Crippen LogP contribution in [0.2, 0.25) is 0 Å². The first-order chi connectivity index (χ1) is 10.2. The van der Waals surface area contributed by atoms with E-state index in [4.69, 9.17) is 0 Å². The fourth-order valence-electron chi connectivity index (χ4n) is 2.51. The van der Waals surface area contributed by atoms with Crippen molar-refractivity contribution in [2.45, 2.75) is 13.8 Å². The molecule has 2 aromatic rings. The Bertz CT molecular complexity index is 639. The minimum absolute atomic E-state index is 0.375. The van der Waals surface area contributed by atoms with Gasteiger partial charge in [-0.3, -0.25) is 0 Å². The molecule has 0 bridgehead atoms. The standard InChI is InChI=1S/C14H17FN6/c1-10-11(2)17-9-19-13(10)20-3-5-21(6-4-20)14-12(15)7-16-8-18-14/h7-9H,3-6H2,1-2H3. The smallest absolute Gasteiger partial charge is 0.183 e. The van der Waals surface area contributed by atoms with E-state index in [9.17, 15) is 4.39 Å². The van der Waals surface area contributed by atoms with Gasteiger partial charge in [0.2, 0.25) is 0 Å². The molecule has 0 amide bonds. The average Bonchev–Trinajstić information content (AvgIpc) is 2.51. The van der Waals surface area contributed by atoms with Crippen molar-refractivity contribution in [1.29, 1.82) is 0 Å². The molecule has 3 rings (SSSR count). The summed E-state index contributed by atoms with van der Waals surface area (Å²) >= 11 is 0. The number of piperazine rings is 1. The van der Waals surface area contributed by atoms with E-state index in [1.165, 1.54) is 12.5 Å². The van der Waals surface area contributed by atoms with E-state index in [-0.39, 0.29) is 5.82 Å². The van der Waals surface area contributed by atoms with Crippen molar-refractivity contribution in [3.63, 3.8) is 0 Å². The summed E-state index contributed by atoms with van der Waals surface area (Å²) in [4.78, 5) is 20.4. The highest BCUT2D eigenvalue weighted by molar-refractivity contribution is 5.50. The fraction of sp³-hybridized carbons (Fsp3) is 0.429. The second-order valence-electron chi connectivity index (χ2n) is 5.08. The van der Waals surface area contributed by atoms with Crippen molar-refractivity contribution >= 4 is 11.6 Å². The Hall–Kier alpha value is -2.31. The van der Waals surface area contributed by atoms with E-state index < -0.39 is 0 Å². The van der Waals surface area contributed by atoms with Gasteiger partial charge < -0.3 is 9.80 Å². The number of hydrogen-bond acceptors (Lipinski definition) is 6. The van der Waals surface area contributed by atoms with Gasteiger partial charge in [0.1, 0.15) is 18.5 Å². The van der Waals surface area contributed by atoms with Crippen molar-refractivity contribution < 1.29 is 4.39 Å². The normalized spacial score (nSPS) is 15.4. The molecule has 0 saturated carbocycles. The van der Waals surface area contributed by atoms with E-state index in [1.54, 1.807) is 6.33 Å². The van der Waals surface area contributed by atoms with Gasteiger partial charge in [-0.1, -0.05) is 0 Å². The molecule has 0 aromatic carbocycles. The number of aromatic nitrogens is 4. The van der Waals surface area contributed by atoms with Gasteiger partial charge in [0.15, 0.2) is 11.6 Å². The quantitative estimate of drug-likeness (QED) is 0.831. The minimum Gasteiger partial charge on any atom is -0.353 e. The van der Waals surface area contributed by atoms with Crippen molar-refractivity contribution in [2.24, 2.45) is 0 Å². The lowest BCUT2D eigenvalue weighted by Crippen LogP contribution is -2.47. The van der Waals surface area contributed by atoms with Crippen LogP contribution in [0.25, 0.3) is 0 Å². The number of rotatable bonds is 2. The maximum atomic E-state index is 13.7. The zero-order chi connectivity index (χ0) is 14.8. The highest BCUT2D eigenvalue weighted by Gasteiger charge is 2.22. The predicted octanol–water partition coefficient (Wildman–Crippen LogP) is 1.35. The van der Waals surface area contributed by atoms with Crippen LogP contribution in [0.1, 0.15) is 11.3 Å². The summed E-state index contributed by atoms with van der Waals surface area (Å²) in [6.45, 7) is 6.97. The van der Waals surface area contributed by atoms with Gasteiger partial charge in [0.05, 0.1) is 6.20 Å². The number of aryl methyl sites for hydroxylation is 1. The first kappa shape index (κ1) is 13.7. The predicted molar refractivity (Wildman–Crippen MR) is 77.9 cm³/mol. The summed E-state index contributed by atoms with van der Waals surface area (Å²) in [5, 5.41) is 0. The van der Waals surface area contributed by atoms with E-state index in [0.29, 0.717) is 18.9 Å². The molecule has 21 heavy (non-hydrogen) atoms. The van der Waals surface area contributed by atoms with Gasteiger partial charge in [-0.25, -0.2) is 24.3 Å². The summed E-state index contributed by atoms with van der Waals surface area (Å²) in [6, 6.07) is 0. The molecular formula is C14H17FN6. The molecule has 0 atom stereocenters. The summed E-state index contributed by atoms with van der Waals surface area (Å²) < 4.78 is 13.7. The monoisotopic (exact) mass is 288 g/mol. The molecule has 7 heteroatoms. The molecular weight excluding hydrogens is 271 g/mol. The van der Waals surface area contributed by atoms with Crippen LogP contribution >= 0.6 is 0 Å². The minimum atomic E-state index is -0.375. The lowest BCUT2D eigenvalue weighted by atomic mass is 10.2. The summed E-state index contributed by atoms with van der Waals surface area (Å²) in [6.07, 6.45) is 4.17. The van der Waals surface area contributed by atoms with Crippen LogP contribution in [0.5, 0.6) is 0 Å². The lowest BCUT2D eigenvalue weighted by Gasteiger charge is -2.36. The Morgan fingerprint density at radius 2 is 1.52 bits per heavy atom. The highest BCUT2D eigenvalue weighted by atomic mass is 19.1. The molecule has 1 aliphatic rings. The molecule has 1 fully saturated rings. The lowest BCUT2D eigenvalue weighted by molar-refractivity contribution is 0.580. The molecule has 1 aliphatic heterocycles. The molecule has 0 unspecified atom stereocenters. The second kappa shape index (κ2) is 5.59. The van der Waals surface area contributed by atoms with Crippen LogP contribution < -0.4 is 9.80 Å². The Morgan fingerprint density at radius 3 is 2.19 bits per heavy atom. The third-order valence-electron chi connectivity index (χ3n) is 3.84. The van der Waals surface area contributed by atoms with Crippen LogP contribution in [0.3, 0.4) is 0 Å². The first-order valence-corrected chi connectivity index (χ1v) is 6.90. The van der Waals surface area contributed by atoms with Gasteiger partial charge >= 0.3 is 0 Å². The van der Waals surface area contributed by atoms with E-state index in [1.807, 2.05) is 18.7 Å². The molecule has 0 radical (unpaired) electrons. The SMILES string of the molecule is Cc1ncnc(N2CCN(c3ncncc3F)CC2)c1C. The molecule has 0 aliphatic carbocycles. The molecule has 3 heterocycles. The number of hydrogen-bond donors (Lipinski definition) is 0. The Kier molecular flexibility index (Phi) is 3.64. The largest absolute Gasteiger partial charge is 0.353 e. The molecule has 1 saturated heterocycles. The second-order valence-corrected chi connectivity index (χ2v) is 5.08. The van der Waals surface area contributed by atoms with Crippen molar-refractivity contribution in [1.82, 2.24) is 19.9 Å². The van der Waals surface area contributed by atoms with Gasteiger partial charge in [0.25, 0.3) is 0 Å². The van der Waals surface area contributed by atoms with E-state index in [0.717, 1.165) is 30.2 Å². The van der Waals surface area contributed by atoms with Crippen molar-refractivity contribution in [2.75, 3.05) is 36.0 Å². The third-order valence-corrected chi connectivity index (χ3v) is 3.84. The Balaban J connectivity index is 1.74. The van der Waals surface area contributed by atoms with Crippen molar-refractivity contribution in [3.8, 4) is 0 Å². The molecule has 0 N–H and O–H groups in total. The van der Waals surface area contributed by atoms with Crippen LogP contribution in [0.15, 0.2) is 18.9 Å². The number of nitrogens with zero attached hydrogens (tertiary/aromatic N) is 6. The maximum Gasteiger partial charge on any atom is 0.183 e. The van der Waals surface area contributed by atoms with Crippen LogP contribution in [-0.4, -0.2) is 46.1 Å². The zero-order valence-electron chi connectivity index (χ0n) is 12.1.